The molecule has 0 unspecified atom stereocenters. The second-order valence-corrected chi connectivity index (χ2v) is 4.64. The first-order valence-corrected chi connectivity index (χ1v) is 5.04. The minimum absolute atomic E-state index is 0.179. The Morgan fingerprint density at radius 1 is 1.43 bits per heavy atom. The second-order valence-electron chi connectivity index (χ2n) is 4.64. The van der Waals surface area contributed by atoms with Crippen LogP contribution < -0.4 is 10.2 Å². The van der Waals surface area contributed by atoms with Gasteiger partial charge < -0.3 is 10.2 Å². The first-order chi connectivity index (χ1) is 6.59. The van der Waals surface area contributed by atoms with Crippen LogP contribution >= 0.6 is 0 Å². The van der Waals surface area contributed by atoms with Gasteiger partial charge in [0.05, 0.1) is 17.6 Å². The Labute approximate surface area is 85.1 Å². The molecule has 0 bridgehead atoms. The maximum atomic E-state index is 4.13. The van der Waals surface area contributed by atoms with Crippen molar-refractivity contribution in [2.75, 3.05) is 23.3 Å². The van der Waals surface area contributed by atoms with Gasteiger partial charge in [0.15, 0.2) is 0 Å². The Bertz CT molecular complexity index is 328. The molecule has 3 heteroatoms. The molecule has 1 aromatic heterocycles. The average Bonchev–Trinajstić information content (AvgIpc) is 2.15. The molecule has 14 heavy (non-hydrogen) atoms. The van der Waals surface area contributed by atoms with Crippen LogP contribution in [0.3, 0.4) is 0 Å². The number of nitrogens with zero attached hydrogens (tertiary/aromatic N) is 2. The van der Waals surface area contributed by atoms with E-state index < -0.39 is 0 Å². The van der Waals surface area contributed by atoms with Gasteiger partial charge in [-0.3, -0.25) is 4.98 Å². The molecule has 2 heterocycles. The lowest BCUT2D eigenvalue weighted by molar-refractivity contribution is 0.504. The molecular weight excluding hydrogens is 174 g/mol. The van der Waals surface area contributed by atoms with E-state index in [1.54, 1.807) is 0 Å². The van der Waals surface area contributed by atoms with Crippen molar-refractivity contribution in [1.82, 2.24) is 4.98 Å². The molecule has 0 radical (unpaired) electrons. The summed E-state index contributed by atoms with van der Waals surface area (Å²) in [4.78, 5) is 6.54. The zero-order valence-corrected chi connectivity index (χ0v) is 9.04. The van der Waals surface area contributed by atoms with Crippen molar-refractivity contribution in [3.8, 4) is 0 Å². The molecule has 1 aliphatic rings. The van der Waals surface area contributed by atoms with Gasteiger partial charge in [0, 0.05) is 24.8 Å². The maximum absolute atomic E-state index is 4.13. The average molecular weight is 191 g/mol. The van der Waals surface area contributed by atoms with Crippen LogP contribution in [-0.2, 0) is 0 Å². The fraction of sp³-hybridized carbons (Fsp3) is 0.545. The van der Waals surface area contributed by atoms with Crippen LogP contribution in [0.1, 0.15) is 20.8 Å². The molecule has 1 aliphatic heterocycles. The summed E-state index contributed by atoms with van der Waals surface area (Å²) in [7, 11) is 0. The molecule has 3 nitrogen and oxygen atoms in total. The highest BCUT2D eigenvalue weighted by molar-refractivity contribution is 5.71. The molecule has 2 rings (SSSR count). The van der Waals surface area contributed by atoms with E-state index in [9.17, 15) is 0 Å². The van der Waals surface area contributed by atoms with Crippen molar-refractivity contribution >= 4 is 11.4 Å². The lowest BCUT2D eigenvalue weighted by Crippen LogP contribution is -2.46. The maximum Gasteiger partial charge on any atom is 0.0765 e. The fourth-order valence-corrected chi connectivity index (χ4v) is 1.88. The summed E-state index contributed by atoms with van der Waals surface area (Å²) >= 11 is 0. The smallest absolute Gasteiger partial charge is 0.0765 e. The molecule has 76 valence electrons. The topological polar surface area (TPSA) is 28.2 Å². The summed E-state index contributed by atoms with van der Waals surface area (Å²) in [6.45, 7) is 8.77. The van der Waals surface area contributed by atoms with Gasteiger partial charge in [-0.15, -0.1) is 0 Å². The molecule has 0 aromatic carbocycles. The van der Waals surface area contributed by atoms with Crippen LogP contribution in [0.4, 0.5) is 11.4 Å². The third-order valence-electron chi connectivity index (χ3n) is 2.55. The molecule has 0 fully saturated rings. The van der Waals surface area contributed by atoms with Crippen LogP contribution in [-0.4, -0.2) is 23.6 Å². The van der Waals surface area contributed by atoms with Gasteiger partial charge in [0.1, 0.15) is 0 Å². The highest BCUT2D eigenvalue weighted by Gasteiger charge is 2.25. The van der Waals surface area contributed by atoms with Crippen molar-refractivity contribution in [3.05, 3.63) is 18.5 Å². The Balaban J connectivity index is 2.41. The predicted octanol–water partition coefficient (Wildman–Crippen LogP) is 2.11. The largest absolute Gasteiger partial charge is 0.380 e. The normalized spacial score (nSPS) is 16.1. The van der Waals surface area contributed by atoms with Crippen molar-refractivity contribution in [3.63, 3.8) is 0 Å². The number of rotatable bonds is 0. The monoisotopic (exact) mass is 191 g/mol. The van der Waals surface area contributed by atoms with E-state index in [1.807, 2.05) is 12.4 Å². The van der Waals surface area contributed by atoms with Gasteiger partial charge in [-0.05, 0) is 26.8 Å². The van der Waals surface area contributed by atoms with E-state index >= 15 is 0 Å². The minimum Gasteiger partial charge on any atom is -0.380 e. The van der Waals surface area contributed by atoms with Crippen LogP contribution in [0.25, 0.3) is 0 Å². The highest BCUT2D eigenvalue weighted by atomic mass is 15.2. The predicted molar refractivity (Wildman–Crippen MR) is 59.8 cm³/mol. The summed E-state index contributed by atoms with van der Waals surface area (Å²) in [5.41, 5.74) is 2.59. The lowest BCUT2D eigenvalue weighted by Gasteiger charge is -2.41. The summed E-state index contributed by atoms with van der Waals surface area (Å²) < 4.78 is 0. The van der Waals surface area contributed by atoms with Gasteiger partial charge in [-0.25, -0.2) is 0 Å². The number of nitrogens with one attached hydrogen (secondary N) is 1. The number of hydrogen-bond donors (Lipinski definition) is 1. The molecule has 0 spiro atoms. The van der Waals surface area contributed by atoms with E-state index in [2.05, 4.69) is 42.0 Å². The first-order valence-electron chi connectivity index (χ1n) is 5.04. The Morgan fingerprint density at radius 2 is 2.21 bits per heavy atom. The molecule has 0 saturated heterocycles. The number of anilines is 2. The summed E-state index contributed by atoms with van der Waals surface area (Å²) in [5.74, 6) is 0. The number of aromatic nitrogens is 1. The molecular formula is C11H17N3. The van der Waals surface area contributed by atoms with Crippen molar-refractivity contribution in [2.45, 2.75) is 26.3 Å². The molecule has 0 atom stereocenters. The van der Waals surface area contributed by atoms with Gasteiger partial charge in [0.25, 0.3) is 0 Å². The molecule has 1 N–H and O–H groups in total. The first kappa shape index (κ1) is 9.31. The Hall–Kier alpha value is -1.25. The molecule has 0 saturated carbocycles. The summed E-state index contributed by atoms with van der Waals surface area (Å²) in [5, 5.41) is 3.36. The van der Waals surface area contributed by atoms with Gasteiger partial charge >= 0.3 is 0 Å². The van der Waals surface area contributed by atoms with E-state index in [1.165, 1.54) is 5.69 Å². The van der Waals surface area contributed by atoms with E-state index in [4.69, 9.17) is 0 Å². The highest BCUT2D eigenvalue weighted by Crippen LogP contribution is 2.32. The van der Waals surface area contributed by atoms with E-state index in [-0.39, 0.29) is 5.54 Å². The third-order valence-corrected chi connectivity index (χ3v) is 2.55. The summed E-state index contributed by atoms with van der Waals surface area (Å²) in [6, 6.07) is 2.08. The van der Waals surface area contributed by atoms with Crippen LogP contribution in [0.15, 0.2) is 18.5 Å². The number of pyridine rings is 1. The van der Waals surface area contributed by atoms with E-state index in [0.29, 0.717) is 0 Å². The standard InChI is InChI=1S/C11H17N3/c1-11(2,3)14-7-6-13-9-8-12-5-4-10(9)14/h4-5,8,13H,6-7H2,1-3H3. The van der Waals surface area contributed by atoms with Gasteiger partial charge in [-0.2, -0.15) is 0 Å². The molecule has 0 aliphatic carbocycles. The van der Waals surface area contributed by atoms with Crippen LogP contribution in [0.5, 0.6) is 0 Å². The SMILES string of the molecule is CC(C)(C)N1CCNc2cnccc21. The molecule has 0 amide bonds. The van der Waals surface area contributed by atoms with Crippen LogP contribution in [0, 0.1) is 0 Å². The Kier molecular flexibility index (Phi) is 2.10. The third kappa shape index (κ3) is 1.54. The van der Waals surface area contributed by atoms with Crippen LogP contribution in [0.2, 0.25) is 0 Å². The molecule has 1 aromatic rings. The summed E-state index contributed by atoms with van der Waals surface area (Å²) in [6.07, 6.45) is 3.75. The van der Waals surface area contributed by atoms with Gasteiger partial charge in [0.2, 0.25) is 0 Å². The second kappa shape index (κ2) is 3.15. The van der Waals surface area contributed by atoms with Gasteiger partial charge in [-0.1, -0.05) is 0 Å². The zero-order chi connectivity index (χ0) is 10.2. The fourth-order valence-electron chi connectivity index (χ4n) is 1.88. The Morgan fingerprint density at radius 3 is 2.93 bits per heavy atom. The number of hydrogen-bond acceptors (Lipinski definition) is 3. The number of fused-ring (bicyclic) bond motifs is 1. The minimum atomic E-state index is 0.179. The van der Waals surface area contributed by atoms with Crippen molar-refractivity contribution < 1.29 is 0 Å². The van der Waals surface area contributed by atoms with Crippen molar-refractivity contribution in [1.29, 1.82) is 0 Å². The lowest BCUT2D eigenvalue weighted by atomic mass is 10.0. The van der Waals surface area contributed by atoms with Crippen molar-refractivity contribution in [2.24, 2.45) is 0 Å². The van der Waals surface area contributed by atoms with E-state index in [0.717, 1.165) is 18.8 Å². The quantitative estimate of drug-likeness (QED) is 0.680. The zero-order valence-electron chi connectivity index (χ0n) is 9.04.